The second-order valence-electron chi connectivity index (χ2n) is 3.48. The maximum absolute atomic E-state index is 10.4. The van der Waals surface area contributed by atoms with Gasteiger partial charge in [-0.3, -0.25) is 9.69 Å². The van der Waals surface area contributed by atoms with E-state index in [-0.39, 0.29) is 18.2 Å². The summed E-state index contributed by atoms with van der Waals surface area (Å²) in [5, 5.41) is 17.4. The van der Waals surface area contributed by atoms with Crippen molar-refractivity contribution in [3.63, 3.8) is 0 Å². The number of aliphatic hydroxyl groups excluding tert-OH is 1. The lowest BCUT2D eigenvalue weighted by Crippen LogP contribution is -2.37. The van der Waals surface area contributed by atoms with Gasteiger partial charge in [0.25, 0.3) is 0 Å². The molecule has 1 rings (SSSR count). The van der Waals surface area contributed by atoms with Crippen molar-refractivity contribution in [2.45, 2.75) is 25.4 Å². The fourth-order valence-corrected chi connectivity index (χ4v) is 1.11. The largest absolute Gasteiger partial charge is 0.480 e. The minimum absolute atomic E-state index is 0.00319. The van der Waals surface area contributed by atoms with Crippen LogP contribution in [0, 0.1) is 0 Å². The number of aliphatic carboxylic acids is 1. The Hall–Kier alpha value is -0.610. The van der Waals surface area contributed by atoms with Gasteiger partial charge in [-0.2, -0.15) is 0 Å². The summed E-state index contributed by atoms with van der Waals surface area (Å²) in [5.74, 6) is -0.800. The first-order valence-electron chi connectivity index (χ1n) is 3.59. The lowest BCUT2D eigenvalue weighted by atomic mass is 10.1. The second kappa shape index (κ2) is 2.46. The van der Waals surface area contributed by atoms with Gasteiger partial charge in [0.05, 0.1) is 6.61 Å². The smallest absolute Gasteiger partial charge is 0.322 e. The van der Waals surface area contributed by atoms with Crippen LogP contribution in [-0.4, -0.2) is 45.8 Å². The summed E-state index contributed by atoms with van der Waals surface area (Å²) in [6, 6.07) is -0.378. The van der Waals surface area contributed by atoms with E-state index in [1.54, 1.807) is 4.90 Å². The third-order valence-corrected chi connectivity index (χ3v) is 2.06. The molecule has 0 bridgehead atoms. The Morgan fingerprint density at radius 2 is 2.27 bits per heavy atom. The summed E-state index contributed by atoms with van der Waals surface area (Å²) in [6.45, 7) is 4.21. The van der Waals surface area contributed by atoms with Crippen molar-refractivity contribution < 1.29 is 15.0 Å². The first-order valence-corrected chi connectivity index (χ1v) is 3.59. The maximum Gasteiger partial charge on any atom is 0.322 e. The molecule has 0 aromatic rings. The average Bonchev–Trinajstić information content (AvgIpc) is 2.65. The lowest BCUT2D eigenvalue weighted by molar-refractivity contribution is -0.137. The van der Waals surface area contributed by atoms with E-state index in [1.165, 1.54) is 0 Å². The summed E-state index contributed by atoms with van der Waals surface area (Å²) in [5.41, 5.74) is -0.386. The monoisotopic (exact) mass is 159 g/mol. The van der Waals surface area contributed by atoms with Crippen LogP contribution in [0.2, 0.25) is 0 Å². The number of carboxylic acids is 1. The lowest BCUT2D eigenvalue weighted by Gasteiger charge is -2.23. The molecule has 0 saturated carbocycles. The zero-order chi connectivity index (χ0) is 8.65. The maximum atomic E-state index is 10.4. The fourth-order valence-electron chi connectivity index (χ4n) is 1.11. The van der Waals surface area contributed by atoms with Crippen LogP contribution in [-0.2, 0) is 4.79 Å². The zero-order valence-electron chi connectivity index (χ0n) is 6.74. The quantitative estimate of drug-likeness (QED) is 0.546. The van der Waals surface area contributed by atoms with Gasteiger partial charge in [0.15, 0.2) is 0 Å². The van der Waals surface area contributed by atoms with E-state index in [2.05, 4.69) is 0 Å². The SMILES string of the molecule is CC(C)(CO)N1CC1C(=O)O. The van der Waals surface area contributed by atoms with Crippen LogP contribution >= 0.6 is 0 Å². The van der Waals surface area contributed by atoms with Gasteiger partial charge in [-0.25, -0.2) is 0 Å². The first-order chi connectivity index (χ1) is 4.99. The van der Waals surface area contributed by atoms with E-state index in [4.69, 9.17) is 10.2 Å². The molecule has 4 nitrogen and oxygen atoms in total. The number of carboxylic acid groups (broad SMARTS) is 1. The molecular formula is C7H13NO3. The standard InChI is InChI=1S/C7H13NO3/c1-7(2,4-9)8-3-5(8)6(10)11/h5,9H,3-4H2,1-2H3,(H,10,11). The molecule has 0 radical (unpaired) electrons. The van der Waals surface area contributed by atoms with Crippen molar-refractivity contribution in [1.29, 1.82) is 0 Å². The molecule has 0 amide bonds. The highest BCUT2D eigenvalue weighted by molar-refractivity contribution is 5.77. The Kier molecular flexibility index (Phi) is 1.90. The molecule has 64 valence electrons. The van der Waals surface area contributed by atoms with Crippen LogP contribution in [0.5, 0.6) is 0 Å². The molecule has 0 aromatic carbocycles. The third-order valence-electron chi connectivity index (χ3n) is 2.06. The molecule has 2 unspecified atom stereocenters. The second-order valence-corrected chi connectivity index (χ2v) is 3.48. The van der Waals surface area contributed by atoms with Crippen LogP contribution in [0.25, 0.3) is 0 Å². The van der Waals surface area contributed by atoms with Crippen LogP contribution in [0.15, 0.2) is 0 Å². The summed E-state index contributed by atoms with van der Waals surface area (Å²) < 4.78 is 0. The molecular weight excluding hydrogens is 146 g/mol. The van der Waals surface area contributed by atoms with Gasteiger partial charge in [-0.05, 0) is 13.8 Å². The van der Waals surface area contributed by atoms with Gasteiger partial charge in [0.1, 0.15) is 6.04 Å². The highest BCUT2D eigenvalue weighted by Gasteiger charge is 2.48. The number of rotatable bonds is 3. The number of hydrogen-bond acceptors (Lipinski definition) is 3. The molecule has 4 heteroatoms. The van der Waals surface area contributed by atoms with E-state index in [9.17, 15) is 4.79 Å². The Morgan fingerprint density at radius 1 is 1.73 bits per heavy atom. The van der Waals surface area contributed by atoms with E-state index in [1.807, 2.05) is 13.8 Å². The Balaban J connectivity index is 2.49. The molecule has 2 N–H and O–H groups in total. The number of hydrogen-bond donors (Lipinski definition) is 2. The minimum atomic E-state index is -0.800. The molecule has 1 heterocycles. The summed E-state index contributed by atoms with van der Waals surface area (Å²) in [7, 11) is 0. The van der Waals surface area contributed by atoms with E-state index < -0.39 is 5.97 Å². The van der Waals surface area contributed by atoms with Crippen LogP contribution < -0.4 is 0 Å². The van der Waals surface area contributed by atoms with Crippen LogP contribution in [0.3, 0.4) is 0 Å². The first kappa shape index (κ1) is 8.49. The molecule has 1 saturated heterocycles. The van der Waals surface area contributed by atoms with Crippen LogP contribution in [0.4, 0.5) is 0 Å². The minimum Gasteiger partial charge on any atom is -0.480 e. The number of nitrogens with zero attached hydrogens (tertiary/aromatic N) is 1. The van der Waals surface area contributed by atoms with Gasteiger partial charge in [-0.15, -0.1) is 0 Å². The van der Waals surface area contributed by atoms with Gasteiger partial charge in [0, 0.05) is 12.1 Å². The highest BCUT2D eigenvalue weighted by atomic mass is 16.4. The summed E-state index contributed by atoms with van der Waals surface area (Å²) in [6.07, 6.45) is 0. The Morgan fingerprint density at radius 3 is 2.55 bits per heavy atom. The molecule has 0 spiro atoms. The van der Waals surface area contributed by atoms with E-state index in [0.29, 0.717) is 6.54 Å². The van der Waals surface area contributed by atoms with E-state index in [0.717, 1.165) is 0 Å². The van der Waals surface area contributed by atoms with Crippen molar-refractivity contribution >= 4 is 5.97 Å². The van der Waals surface area contributed by atoms with E-state index >= 15 is 0 Å². The Labute approximate surface area is 65.4 Å². The molecule has 1 fully saturated rings. The van der Waals surface area contributed by atoms with Gasteiger partial charge >= 0.3 is 5.97 Å². The predicted octanol–water partition coefficient (Wildman–Crippen LogP) is -0.474. The van der Waals surface area contributed by atoms with Crippen molar-refractivity contribution in [3.8, 4) is 0 Å². The van der Waals surface area contributed by atoms with Gasteiger partial charge in [-0.1, -0.05) is 0 Å². The molecule has 2 atom stereocenters. The van der Waals surface area contributed by atoms with Crippen molar-refractivity contribution in [1.82, 2.24) is 4.90 Å². The van der Waals surface area contributed by atoms with Crippen molar-refractivity contribution in [2.24, 2.45) is 0 Å². The third kappa shape index (κ3) is 1.52. The van der Waals surface area contributed by atoms with Gasteiger partial charge < -0.3 is 10.2 Å². The fraction of sp³-hybridized carbons (Fsp3) is 0.857. The normalized spacial score (nSPS) is 30.1. The predicted molar refractivity (Wildman–Crippen MR) is 39.3 cm³/mol. The highest BCUT2D eigenvalue weighted by Crippen LogP contribution is 2.28. The molecule has 11 heavy (non-hydrogen) atoms. The Bertz CT molecular complexity index is 179. The molecule has 1 aliphatic heterocycles. The molecule has 1 aliphatic rings. The van der Waals surface area contributed by atoms with Crippen molar-refractivity contribution in [3.05, 3.63) is 0 Å². The zero-order valence-corrected chi connectivity index (χ0v) is 6.74. The number of aliphatic hydroxyl groups is 1. The topological polar surface area (TPSA) is 60.5 Å². The van der Waals surface area contributed by atoms with Crippen LogP contribution in [0.1, 0.15) is 13.8 Å². The summed E-state index contributed by atoms with van der Waals surface area (Å²) in [4.78, 5) is 12.2. The molecule has 0 aliphatic carbocycles. The van der Waals surface area contributed by atoms with Gasteiger partial charge in [0.2, 0.25) is 0 Å². The molecule has 0 aromatic heterocycles. The number of carbonyl (C=O) groups is 1. The van der Waals surface area contributed by atoms with Crippen molar-refractivity contribution in [2.75, 3.05) is 13.2 Å². The summed E-state index contributed by atoms with van der Waals surface area (Å²) >= 11 is 0. The average molecular weight is 159 g/mol.